The number of hydrogen-bond donors (Lipinski definition) is 2. The van der Waals surface area contributed by atoms with E-state index in [1.807, 2.05) is 43.3 Å². The molecule has 1 heterocycles. The number of halogens is 1. The number of aryl methyl sites for hydroxylation is 1. The summed E-state index contributed by atoms with van der Waals surface area (Å²) >= 11 is 11.6. The third-order valence-electron chi connectivity index (χ3n) is 6.06. The molecular formula is C25H26ClN3O2S. The molecule has 7 heteroatoms. The maximum absolute atomic E-state index is 13.0. The third-order valence-corrected chi connectivity index (χ3v) is 6.72. The van der Waals surface area contributed by atoms with Gasteiger partial charge in [0.15, 0.2) is 10.9 Å². The molecule has 0 aromatic heterocycles. The van der Waals surface area contributed by atoms with E-state index in [9.17, 15) is 9.59 Å². The summed E-state index contributed by atoms with van der Waals surface area (Å²) in [6, 6.07) is 11.1. The van der Waals surface area contributed by atoms with Gasteiger partial charge in [-0.15, -0.1) is 0 Å². The molecule has 0 saturated heterocycles. The fourth-order valence-corrected chi connectivity index (χ4v) is 4.65. The van der Waals surface area contributed by atoms with Gasteiger partial charge >= 0.3 is 0 Å². The van der Waals surface area contributed by atoms with Crippen molar-refractivity contribution in [3.8, 4) is 0 Å². The van der Waals surface area contributed by atoms with Crippen LogP contribution in [0.1, 0.15) is 52.7 Å². The van der Waals surface area contributed by atoms with E-state index >= 15 is 0 Å². The summed E-state index contributed by atoms with van der Waals surface area (Å²) in [5.74, 6) is 0.0435. The molecule has 1 atom stereocenters. The zero-order chi connectivity index (χ0) is 22.8. The molecule has 2 N–H and O–H groups in total. The zero-order valence-corrected chi connectivity index (χ0v) is 19.6. The number of allylic oxidation sites excluding steroid dienone is 1. The van der Waals surface area contributed by atoms with E-state index in [2.05, 4.69) is 17.2 Å². The van der Waals surface area contributed by atoms with E-state index in [-0.39, 0.29) is 17.7 Å². The number of nitrogens with zero attached hydrogens (tertiary/aromatic N) is 1. The number of amides is 1. The maximum atomic E-state index is 13.0. The molecule has 2 aromatic rings. The number of benzene rings is 2. The second-order valence-electron chi connectivity index (χ2n) is 8.50. The summed E-state index contributed by atoms with van der Waals surface area (Å²) in [5, 5.41) is 7.50. The van der Waals surface area contributed by atoms with Gasteiger partial charge in [-0.25, -0.2) is 0 Å². The predicted molar refractivity (Wildman–Crippen MR) is 132 cm³/mol. The molecule has 2 aromatic carbocycles. The van der Waals surface area contributed by atoms with Crippen LogP contribution in [0.25, 0.3) is 0 Å². The number of rotatable bonds is 4. The predicted octanol–water partition coefficient (Wildman–Crippen LogP) is 5.16. The number of carbonyl (C=O) groups excluding carboxylic acids is 2. The van der Waals surface area contributed by atoms with Crippen LogP contribution in [0.4, 0.5) is 5.69 Å². The first-order valence-electron chi connectivity index (χ1n) is 10.7. The molecule has 1 unspecified atom stereocenters. The molecule has 2 aliphatic rings. The average Bonchev–Trinajstić information content (AvgIpc) is 2.97. The third kappa shape index (κ3) is 4.87. The van der Waals surface area contributed by atoms with E-state index in [4.69, 9.17) is 23.8 Å². The largest absolute Gasteiger partial charge is 0.358 e. The molecule has 1 aliphatic heterocycles. The Bertz CT molecular complexity index is 1110. The molecule has 1 saturated carbocycles. The zero-order valence-electron chi connectivity index (χ0n) is 18.0. The van der Waals surface area contributed by atoms with Crippen LogP contribution in [0.3, 0.4) is 0 Å². The fraction of sp³-hybridized carbons (Fsp3) is 0.320. The van der Waals surface area contributed by atoms with Gasteiger partial charge in [0.1, 0.15) is 0 Å². The molecule has 1 fully saturated rings. The smallest absolute Gasteiger partial charge is 0.255 e. The van der Waals surface area contributed by atoms with E-state index in [0.29, 0.717) is 41.6 Å². The number of nitrogens with one attached hydrogen (secondary N) is 2. The van der Waals surface area contributed by atoms with E-state index in [1.165, 1.54) is 0 Å². The Balaban J connectivity index is 1.39. The van der Waals surface area contributed by atoms with Crippen molar-refractivity contribution in [2.45, 2.75) is 51.7 Å². The molecule has 0 spiro atoms. The van der Waals surface area contributed by atoms with Crippen molar-refractivity contribution >= 4 is 46.3 Å². The SMILES string of the molecule is C=C1CCCC(N2Cc3cc(CNC(=S)Nc4ccc(C)c(Cl)c4)ccc3C2=O)C(=O)C1. The quantitative estimate of drug-likeness (QED) is 0.369. The summed E-state index contributed by atoms with van der Waals surface area (Å²) < 4.78 is 0. The fourth-order valence-electron chi connectivity index (χ4n) is 4.28. The first-order chi connectivity index (χ1) is 15.3. The summed E-state index contributed by atoms with van der Waals surface area (Å²) in [6.45, 7) is 6.91. The van der Waals surface area contributed by atoms with Gasteiger partial charge in [0.05, 0.1) is 6.04 Å². The van der Waals surface area contributed by atoms with Crippen LogP contribution in [0, 0.1) is 6.92 Å². The van der Waals surface area contributed by atoms with Crippen molar-refractivity contribution in [3.63, 3.8) is 0 Å². The van der Waals surface area contributed by atoms with Gasteiger partial charge in [-0.2, -0.15) is 0 Å². The Kier molecular flexibility index (Phi) is 6.63. The second-order valence-corrected chi connectivity index (χ2v) is 9.31. The van der Waals surface area contributed by atoms with Gasteiger partial charge in [0, 0.05) is 35.8 Å². The lowest BCUT2D eigenvalue weighted by Crippen LogP contribution is -2.40. The van der Waals surface area contributed by atoms with Crippen molar-refractivity contribution in [1.29, 1.82) is 0 Å². The minimum atomic E-state index is -0.353. The van der Waals surface area contributed by atoms with E-state index < -0.39 is 0 Å². The van der Waals surface area contributed by atoms with Crippen molar-refractivity contribution in [2.75, 3.05) is 5.32 Å². The first kappa shape index (κ1) is 22.5. The highest BCUT2D eigenvalue weighted by Crippen LogP contribution is 2.30. The van der Waals surface area contributed by atoms with Crippen LogP contribution in [0.5, 0.6) is 0 Å². The minimum absolute atomic E-state index is 0.0567. The lowest BCUT2D eigenvalue weighted by Gasteiger charge is -2.25. The molecule has 4 rings (SSSR count). The van der Waals surface area contributed by atoms with Gasteiger partial charge in [0.2, 0.25) is 0 Å². The van der Waals surface area contributed by atoms with Crippen LogP contribution >= 0.6 is 23.8 Å². The van der Waals surface area contributed by atoms with Crippen molar-refractivity contribution in [2.24, 2.45) is 0 Å². The van der Waals surface area contributed by atoms with Gasteiger partial charge in [-0.05, 0) is 73.3 Å². The highest BCUT2D eigenvalue weighted by Gasteiger charge is 2.36. The van der Waals surface area contributed by atoms with Gasteiger partial charge in [0.25, 0.3) is 5.91 Å². The van der Waals surface area contributed by atoms with Gasteiger partial charge in [-0.1, -0.05) is 42.0 Å². The molecule has 0 radical (unpaired) electrons. The van der Waals surface area contributed by atoms with E-state index in [1.54, 1.807) is 4.90 Å². The topological polar surface area (TPSA) is 61.4 Å². The van der Waals surface area contributed by atoms with Crippen LogP contribution in [-0.4, -0.2) is 27.7 Å². The number of hydrogen-bond acceptors (Lipinski definition) is 3. The number of Topliss-reactive ketones (excluding diaryl/α,β-unsaturated/α-hetero) is 1. The first-order valence-corrected chi connectivity index (χ1v) is 11.5. The van der Waals surface area contributed by atoms with Crippen molar-refractivity contribution in [3.05, 3.63) is 75.8 Å². The van der Waals surface area contributed by atoms with Crippen LogP contribution in [0.2, 0.25) is 5.02 Å². The molecule has 5 nitrogen and oxygen atoms in total. The Morgan fingerprint density at radius 1 is 1.25 bits per heavy atom. The minimum Gasteiger partial charge on any atom is -0.358 e. The molecule has 1 aliphatic carbocycles. The number of carbonyl (C=O) groups is 2. The molecule has 0 bridgehead atoms. The van der Waals surface area contributed by atoms with Crippen molar-refractivity contribution < 1.29 is 9.59 Å². The Hall–Kier alpha value is -2.70. The van der Waals surface area contributed by atoms with Gasteiger partial charge in [-0.3, -0.25) is 9.59 Å². The molecular weight excluding hydrogens is 442 g/mol. The van der Waals surface area contributed by atoms with Crippen LogP contribution in [0.15, 0.2) is 48.6 Å². The Morgan fingerprint density at radius 2 is 2.06 bits per heavy atom. The summed E-state index contributed by atoms with van der Waals surface area (Å²) in [5.41, 5.74) is 5.45. The Labute approximate surface area is 198 Å². The normalized spacial score (nSPS) is 18.4. The van der Waals surface area contributed by atoms with E-state index in [0.717, 1.165) is 40.8 Å². The van der Waals surface area contributed by atoms with Crippen molar-refractivity contribution in [1.82, 2.24) is 10.2 Å². The summed E-state index contributed by atoms with van der Waals surface area (Å²) in [4.78, 5) is 27.3. The number of anilines is 1. The molecule has 32 heavy (non-hydrogen) atoms. The molecule has 166 valence electrons. The van der Waals surface area contributed by atoms with Gasteiger partial charge < -0.3 is 15.5 Å². The highest BCUT2D eigenvalue weighted by molar-refractivity contribution is 7.80. The lowest BCUT2D eigenvalue weighted by molar-refractivity contribution is -0.122. The van der Waals surface area contributed by atoms with Crippen LogP contribution < -0.4 is 10.6 Å². The average molecular weight is 468 g/mol. The number of thiocarbonyl (C=S) groups is 1. The molecule has 1 amide bonds. The highest BCUT2D eigenvalue weighted by atomic mass is 35.5. The number of fused-ring (bicyclic) bond motifs is 1. The lowest BCUT2D eigenvalue weighted by atomic mass is 10.1. The monoisotopic (exact) mass is 467 g/mol. The standard InChI is InChI=1S/C25H26ClN3O2S/c1-15-4-3-5-22(23(30)10-15)29-14-18-11-17(7-9-20(18)24(29)31)13-27-25(32)28-19-8-6-16(2)21(26)12-19/h6-9,11-12,22H,1,3-5,10,13-14H2,2H3,(H2,27,28,32). The Morgan fingerprint density at radius 3 is 2.84 bits per heavy atom. The summed E-state index contributed by atoms with van der Waals surface area (Å²) in [6.07, 6.45) is 2.82. The van der Waals surface area contributed by atoms with Crippen LogP contribution in [-0.2, 0) is 17.9 Å². The number of ketones is 1. The maximum Gasteiger partial charge on any atom is 0.255 e. The summed E-state index contributed by atoms with van der Waals surface area (Å²) in [7, 11) is 0. The second kappa shape index (κ2) is 9.43.